The highest BCUT2D eigenvalue weighted by atomic mass is 79.9. The van der Waals surface area contributed by atoms with Gasteiger partial charge in [-0.25, -0.2) is 0 Å². The van der Waals surface area contributed by atoms with Crippen LogP contribution in [0.2, 0.25) is 5.02 Å². The Bertz CT molecular complexity index is 614. The molecule has 0 aliphatic rings. The van der Waals surface area contributed by atoms with Gasteiger partial charge in [-0.15, -0.1) is 0 Å². The molecule has 0 aliphatic heterocycles. The Hall–Kier alpha value is -1.52. The number of carbonyl (C=O) groups excluding carboxylic acids is 1. The first-order valence-corrected chi connectivity index (χ1v) is 7.26. The van der Waals surface area contributed by atoms with Gasteiger partial charge < -0.3 is 10.1 Å². The predicted octanol–water partition coefficient (Wildman–Crippen LogP) is 4.75. The zero-order chi connectivity index (χ0) is 14.5. The number of ether oxygens (including phenoxy) is 1. The largest absolute Gasteiger partial charge is 0.492 e. The molecule has 104 valence electrons. The highest BCUT2D eigenvalue weighted by molar-refractivity contribution is 9.10. The van der Waals surface area contributed by atoms with Gasteiger partial charge in [0.05, 0.1) is 12.3 Å². The van der Waals surface area contributed by atoms with E-state index in [1.54, 1.807) is 30.3 Å². The molecule has 0 unspecified atom stereocenters. The van der Waals surface area contributed by atoms with E-state index in [0.717, 1.165) is 4.47 Å². The van der Waals surface area contributed by atoms with Gasteiger partial charge in [0.1, 0.15) is 5.75 Å². The number of hydrogen-bond donors (Lipinski definition) is 1. The molecule has 0 aliphatic carbocycles. The van der Waals surface area contributed by atoms with Crippen molar-refractivity contribution in [1.82, 2.24) is 0 Å². The molecule has 0 heterocycles. The van der Waals surface area contributed by atoms with Gasteiger partial charge in [0, 0.05) is 15.1 Å². The summed E-state index contributed by atoms with van der Waals surface area (Å²) in [5, 5.41) is 3.35. The Morgan fingerprint density at radius 3 is 2.60 bits per heavy atom. The summed E-state index contributed by atoms with van der Waals surface area (Å²) < 4.78 is 6.39. The summed E-state index contributed by atoms with van der Waals surface area (Å²) in [7, 11) is 0. The fraction of sp³-hybridized carbons (Fsp3) is 0.133. The van der Waals surface area contributed by atoms with Gasteiger partial charge in [-0.3, -0.25) is 4.79 Å². The molecule has 0 fully saturated rings. The molecule has 2 aromatic rings. The highest BCUT2D eigenvalue weighted by Gasteiger charge is 2.10. The van der Waals surface area contributed by atoms with Crippen LogP contribution in [0.25, 0.3) is 0 Å². The normalized spacial score (nSPS) is 10.2. The fourth-order valence-corrected chi connectivity index (χ4v) is 2.11. The SMILES string of the molecule is CCOc1ccc(Cl)cc1NC(=O)c1ccc(Br)cc1. The molecule has 0 saturated heterocycles. The molecule has 1 N–H and O–H groups in total. The highest BCUT2D eigenvalue weighted by Crippen LogP contribution is 2.28. The van der Waals surface area contributed by atoms with E-state index in [-0.39, 0.29) is 5.91 Å². The standard InChI is InChI=1S/C15H13BrClNO2/c1-2-20-14-8-7-12(17)9-13(14)18-15(19)10-3-5-11(16)6-4-10/h3-9H,2H2,1H3,(H,18,19). The van der Waals surface area contributed by atoms with Crippen LogP contribution in [-0.4, -0.2) is 12.5 Å². The molecule has 0 aromatic heterocycles. The lowest BCUT2D eigenvalue weighted by Crippen LogP contribution is -2.12. The van der Waals surface area contributed by atoms with Crippen molar-refractivity contribution < 1.29 is 9.53 Å². The predicted molar refractivity (Wildman–Crippen MR) is 84.7 cm³/mol. The Kier molecular flexibility index (Phi) is 5.04. The van der Waals surface area contributed by atoms with E-state index in [0.29, 0.717) is 28.6 Å². The fourth-order valence-electron chi connectivity index (χ4n) is 1.68. The third kappa shape index (κ3) is 3.74. The molecule has 0 saturated carbocycles. The Morgan fingerprint density at radius 2 is 1.95 bits per heavy atom. The molecule has 0 radical (unpaired) electrons. The number of hydrogen-bond acceptors (Lipinski definition) is 2. The van der Waals surface area contributed by atoms with Crippen LogP contribution < -0.4 is 10.1 Å². The minimum absolute atomic E-state index is 0.208. The topological polar surface area (TPSA) is 38.3 Å². The van der Waals surface area contributed by atoms with Crippen LogP contribution in [0.15, 0.2) is 46.9 Å². The summed E-state index contributed by atoms with van der Waals surface area (Å²) in [6.07, 6.45) is 0. The minimum atomic E-state index is -0.208. The molecule has 2 aromatic carbocycles. The quantitative estimate of drug-likeness (QED) is 0.860. The zero-order valence-electron chi connectivity index (χ0n) is 10.8. The van der Waals surface area contributed by atoms with Crippen LogP contribution in [0.4, 0.5) is 5.69 Å². The lowest BCUT2D eigenvalue weighted by atomic mass is 10.2. The van der Waals surface area contributed by atoms with Gasteiger partial charge in [-0.05, 0) is 49.4 Å². The maximum absolute atomic E-state index is 12.2. The smallest absolute Gasteiger partial charge is 0.255 e. The molecular formula is C15H13BrClNO2. The van der Waals surface area contributed by atoms with Crippen molar-refractivity contribution in [1.29, 1.82) is 0 Å². The molecule has 0 bridgehead atoms. The number of anilines is 1. The van der Waals surface area contributed by atoms with Crippen molar-refractivity contribution in [3.05, 3.63) is 57.5 Å². The zero-order valence-corrected chi connectivity index (χ0v) is 13.2. The molecule has 0 spiro atoms. The lowest BCUT2D eigenvalue weighted by molar-refractivity contribution is 0.102. The van der Waals surface area contributed by atoms with Gasteiger partial charge in [0.2, 0.25) is 0 Å². The van der Waals surface area contributed by atoms with E-state index in [1.807, 2.05) is 19.1 Å². The number of amides is 1. The minimum Gasteiger partial charge on any atom is -0.492 e. The van der Waals surface area contributed by atoms with E-state index in [2.05, 4.69) is 21.2 Å². The lowest BCUT2D eigenvalue weighted by Gasteiger charge is -2.12. The van der Waals surface area contributed by atoms with E-state index < -0.39 is 0 Å². The third-order valence-electron chi connectivity index (χ3n) is 2.60. The van der Waals surface area contributed by atoms with Crippen LogP contribution >= 0.6 is 27.5 Å². The summed E-state index contributed by atoms with van der Waals surface area (Å²) in [4.78, 5) is 12.2. The molecule has 20 heavy (non-hydrogen) atoms. The van der Waals surface area contributed by atoms with Gasteiger partial charge in [-0.1, -0.05) is 27.5 Å². The first-order valence-electron chi connectivity index (χ1n) is 6.09. The number of nitrogens with one attached hydrogen (secondary N) is 1. The second-order valence-electron chi connectivity index (χ2n) is 4.03. The van der Waals surface area contributed by atoms with E-state index in [4.69, 9.17) is 16.3 Å². The van der Waals surface area contributed by atoms with Crippen molar-refractivity contribution in [2.75, 3.05) is 11.9 Å². The molecule has 5 heteroatoms. The maximum atomic E-state index is 12.2. The summed E-state index contributed by atoms with van der Waals surface area (Å²) >= 11 is 9.29. The summed E-state index contributed by atoms with van der Waals surface area (Å²) in [5.41, 5.74) is 1.13. The van der Waals surface area contributed by atoms with Crippen LogP contribution in [0.3, 0.4) is 0 Å². The van der Waals surface area contributed by atoms with Crippen LogP contribution in [0.5, 0.6) is 5.75 Å². The first kappa shape index (κ1) is 14.9. The Balaban J connectivity index is 2.22. The van der Waals surface area contributed by atoms with Crippen molar-refractivity contribution in [2.45, 2.75) is 6.92 Å². The van der Waals surface area contributed by atoms with Crippen molar-refractivity contribution in [3.8, 4) is 5.75 Å². The number of benzene rings is 2. The van der Waals surface area contributed by atoms with Crippen molar-refractivity contribution in [2.24, 2.45) is 0 Å². The van der Waals surface area contributed by atoms with Gasteiger partial charge in [0.25, 0.3) is 5.91 Å². The molecular weight excluding hydrogens is 342 g/mol. The van der Waals surface area contributed by atoms with Crippen LogP contribution in [0, 0.1) is 0 Å². The summed E-state index contributed by atoms with van der Waals surface area (Å²) in [6.45, 7) is 2.40. The number of halogens is 2. The third-order valence-corrected chi connectivity index (χ3v) is 3.36. The van der Waals surface area contributed by atoms with Crippen molar-refractivity contribution >= 4 is 39.1 Å². The number of rotatable bonds is 4. The van der Waals surface area contributed by atoms with E-state index in [9.17, 15) is 4.79 Å². The monoisotopic (exact) mass is 353 g/mol. The molecule has 3 nitrogen and oxygen atoms in total. The van der Waals surface area contributed by atoms with Gasteiger partial charge in [-0.2, -0.15) is 0 Å². The van der Waals surface area contributed by atoms with Crippen molar-refractivity contribution in [3.63, 3.8) is 0 Å². The second-order valence-corrected chi connectivity index (χ2v) is 5.39. The molecule has 2 rings (SSSR count). The summed E-state index contributed by atoms with van der Waals surface area (Å²) in [6, 6.07) is 12.2. The van der Waals surface area contributed by atoms with Crippen LogP contribution in [-0.2, 0) is 0 Å². The maximum Gasteiger partial charge on any atom is 0.255 e. The first-order chi connectivity index (χ1) is 9.60. The Labute approximate surface area is 131 Å². The molecule has 0 atom stereocenters. The molecule has 1 amide bonds. The van der Waals surface area contributed by atoms with E-state index >= 15 is 0 Å². The second kappa shape index (κ2) is 6.77. The average Bonchev–Trinajstić information content (AvgIpc) is 2.42. The Morgan fingerprint density at radius 1 is 1.25 bits per heavy atom. The average molecular weight is 355 g/mol. The van der Waals surface area contributed by atoms with Crippen LogP contribution in [0.1, 0.15) is 17.3 Å². The number of carbonyl (C=O) groups is 1. The summed E-state index contributed by atoms with van der Waals surface area (Å²) in [5.74, 6) is 0.392. The van der Waals surface area contributed by atoms with Gasteiger partial charge in [0.15, 0.2) is 0 Å². The van der Waals surface area contributed by atoms with Gasteiger partial charge >= 0.3 is 0 Å². The van der Waals surface area contributed by atoms with E-state index in [1.165, 1.54) is 0 Å².